The average Bonchev–Trinajstić information content (AvgIpc) is 3.10. The number of likely N-dealkylation sites (N-methyl/N-ethyl adjacent to an activating group) is 1. The molecule has 1 amide bonds. The molecule has 1 aliphatic heterocycles. The van der Waals surface area contributed by atoms with Gasteiger partial charge in [0, 0.05) is 37.9 Å². The number of hydrogen-bond acceptors (Lipinski definition) is 5. The number of pyridine rings is 1. The first-order valence-corrected chi connectivity index (χ1v) is 8.24. The second kappa shape index (κ2) is 7.29. The van der Waals surface area contributed by atoms with E-state index in [-0.39, 0.29) is 23.3 Å². The standard InChI is InChI=1S/C18H20N4O3/c1-20(14-6-3-2-4-7-14)13-16-8-5-11-21(16)18(23)17-10-9-15(12-19-17)22(24)25/h2-4,6-7,9-10,12,16H,5,8,11,13H2,1H3/t16-/m1/s1. The van der Waals surface area contributed by atoms with Gasteiger partial charge < -0.3 is 9.80 Å². The molecule has 0 N–H and O–H groups in total. The molecule has 2 aromatic rings. The van der Waals surface area contributed by atoms with Crippen LogP contribution in [0.3, 0.4) is 0 Å². The number of carbonyl (C=O) groups excluding carboxylic acids is 1. The molecule has 7 nitrogen and oxygen atoms in total. The van der Waals surface area contributed by atoms with Gasteiger partial charge in [-0.25, -0.2) is 4.98 Å². The largest absolute Gasteiger partial charge is 0.373 e. The predicted octanol–water partition coefficient (Wildman–Crippen LogP) is 2.73. The zero-order valence-electron chi connectivity index (χ0n) is 14.0. The zero-order chi connectivity index (χ0) is 17.8. The first-order valence-electron chi connectivity index (χ1n) is 8.24. The quantitative estimate of drug-likeness (QED) is 0.617. The second-order valence-electron chi connectivity index (χ2n) is 6.17. The molecule has 7 heteroatoms. The van der Waals surface area contributed by atoms with E-state index in [4.69, 9.17) is 0 Å². The lowest BCUT2D eigenvalue weighted by Gasteiger charge is -2.29. The number of amides is 1. The second-order valence-corrected chi connectivity index (χ2v) is 6.17. The number of aromatic nitrogens is 1. The van der Waals surface area contributed by atoms with E-state index in [0.29, 0.717) is 6.54 Å². The van der Waals surface area contributed by atoms with Gasteiger partial charge in [0.1, 0.15) is 11.9 Å². The summed E-state index contributed by atoms with van der Waals surface area (Å²) in [6.07, 6.45) is 3.02. The number of para-hydroxylation sites is 1. The summed E-state index contributed by atoms with van der Waals surface area (Å²) in [6.45, 7) is 1.42. The number of likely N-dealkylation sites (tertiary alicyclic amines) is 1. The Kier molecular flexibility index (Phi) is 4.92. The molecule has 1 atom stereocenters. The lowest BCUT2D eigenvalue weighted by Crippen LogP contribution is -2.42. The maximum Gasteiger partial charge on any atom is 0.287 e. The van der Waals surface area contributed by atoms with E-state index in [1.54, 1.807) is 0 Å². The molecule has 130 valence electrons. The summed E-state index contributed by atoms with van der Waals surface area (Å²) >= 11 is 0. The van der Waals surface area contributed by atoms with Gasteiger partial charge in [-0.3, -0.25) is 14.9 Å². The molecule has 0 spiro atoms. The van der Waals surface area contributed by atoms with Crippen LogP contribution in [0.5, 0.6) is 0 Å². The first-order chi connectivity index (χ1) is 12.1. The van der Waals surface area contributed by atoms with E-state index in [0.717, 1.165) is 31.3 Å². The molecule has 1 fully saturated rings. The Morgan fingerprint density at radius 1 is 1.32 bits per heavy atom. The fourth-order valence-corrected chi connectivity index (χ4v) is 3.16. The number of carbonyl (C=O) groups is 1. The molecule has 3 rings (SSSR count). The average molecular weight is 340 g/mol. The Hall–Kier alpha value is -2.96. The van der Waals surface area contributed by atoms with E-state index in [1.165, 1.54) is 12.1 Å². The van der Waals surface area contributed by atoms with Crippen LogP contribution in [0, 0.1) is 10.1 Å². The third-order valence-electron chi connectivity index (χ3n) is 4.50. The van der Waals surface area contributed by atoms with E-state index in [1.807, 2.05) is 42.3 Å². The molecule has 2 heterocycles. The Labute approximate surface area is 146 Å². The molecule has 0 saturated carbocycles. The van der Waals surface area contributed by atoms with Crippen molar-refractivity contribution in [2.75, 3.05) is 25.0 Å². The highest BCUT2D eigenvalue weighted by Crippen LogP contribution is 2.23. The van der Waals surface area contributed by atoms with Crippen LogP contribution >= 0.6 is 0 Å². The number of rotatable bonds is 5. The first kappa shape index (κ1) is 16.9. The Bertz CT molecular complexity index is 749. The minimum absolute atomic E-state index is 0.106. The van der Waals surface area contributed by atoms with Crippen molar-refractivity contribution in [2.45, 2.75) is 18.9 Å². The van der Waals surface area contributed by atoms with Gasteiger partial charge in [0.15, 0.2) is 0 Å². The summed E-state index contributed by atoms with van der Waals surface area (Å²) in [6, 6.07) is 12.9. The summed E-state index contributed by atoms with van der Waals surface area (Å²) < 4.78 is 0. The smallest absolute Gasteiger partial charge is 0.287 e. The summed E-state index contributed by atoms with van der Waals surface area (Å²) in [5.74, 6) is -0.168. The van der Waals surface area contributed by atoms with Crippen molar-refractivity contribution in [1.29, 1.82) is 0 Å². The minimum atomic E-state index is -0.519. The summed E-state index contributed by atoms with van der Waals surface area (Å²) in [7, 11) is 2.01. The maximum absolute atomic E-state index is 12.7. The fraction of sp³-hybridized carbons (Fsp3) is 0.333. The zero-order valence-corrected chi connectivity index (χ0v) is 14.0. The van der Waals surface area contributed by atoms with Gasteiger partial charge in [-0.15, -0.1) is 0 Å². The van der Waals surface area contributed by atoms with Gasteiger partial charge in [0.2, 0.25) is 0 Å². The van der Waals surface area contributed by atoms with Crippen LogP contribution in [0.25, 0.3) is 0 Å². The van der Waals surface area contributed by atoms with Crippen LogP contribution in [0.2, 0.25) is 0 Å². The van der Waals surface area contributed by atoms with E-state index < -0.39 is 4.92 Å². The minimum Gasteiger partial charge on any atom is -0.373 e. The summed E-state index contributed by atoms with van der Waals surface area (Å²) in [5, 5.41) is 10.7. The number of nitro groups is 1. The van der Waals surface area contributed by atoms with Gasteiger partial charge in [0.05, 0.1) is 4.92 Å². The van der Waals surface area contributed by atoms with Gasteiger partial charge >= 0.3 is 0 Å². The summed E-state index contributed by atoms with van der Waals surface area (Å²) in [5.41, 5.74) is 1.24. The van der Waals surface area contributed by atoms with Gasteiger partial charge in [0.25, 0.3) is 11.6 Å². The SMILES string of the molecule is CN(C[C@H]1CCCN1C(=O)c1ccc([N+](=O)[O-])cn1)c1ccccc1. The van der Waals surface area contributed by atoms with Crippen LogP contribution in [0.15, 0.2) is 48.7 Å². The van der Waals surface area contributed by atoms with Crippen LogP contribution in [0.4, 0.5) is 11.4 Å². The molecule has 1 aliphatic rings. The van der Waals surface area contributed by atoms with Crippen molar-refractivity contribution < 1.29 is 9.72 Å². The molecule has 25 heavy (non-hydrogen) atoms. The van der Waals surface area contributed by atoms with Crippen molar-refractivity contribution in [2.24, 2.45) is 0 Å². The van der Waals surface area contributed by atoms with Crippen molar-refractivity contribution >= 4 is 17.3 Å². The Morgan fingerprint density at radius 3 is 2.72 bits per heavy atom. The molecule has 0 bridgehead atoms. The normalized spacial score (nSPS) is 16.7. The van der Waals surface area contributed by atoms with Crippen molar-refractivity contribution in [3.63, 3.8) is 0 Å². The monoisotopic (exact) mass is 340 g/mol. The van der Waals surface area contributed by atoms with Crippen LogP contribution < -0.4 is 4.90 Å². The molecule has 0 unspecified atom stereocenters. The molecule has 1 aromatic carbocycles. The number of benzene rings is 1. The van der Waals surface area contributed by atoms with E-state index in [2.05, 4.69) is 9.88 Å². The molecule has 1 saturated heterocycles. The highest BCUT2D eigenvalue weighted by molar-refractivity contribution is 5.92. The summed E-state index contributed by atoms with van der Waals surface area (Å²) in [4.78, 5) is 30.9. The highest BCUT2D eigenvalue weighted by atomic mass is 16.6. The van der Waals surface area contributed by atoms with Gasteiger partial charge in [-0.2, -0.15) is 0 Å². The number of anilines is 1. The predicted molar refractivity (Wildman–Crippen MR) is 94.7 cm³/mol. The third kappa shape index (κ3) is 3.76. The Morgan fingerprint density at radius 2 is 2.08 bits per heavy atom. The number of nitrogens with zero attached hydrogens (tertiary/aromatic N) is 4. The molecular formula is C18H20N4O3. The van der Waals surface area contributed by atoms with Gasteiger partial charge in [-0.1, -0.05) is 18.2 Å². The van der Waals surface area contributed by atoms with Crippen LogP contribution in [-0.4, -0.2) is 46.9 Å². The molecule has 1 aromatic heterocycles. The van der Waals surface area contributed by atoms with Crippen LogP contribution in [-0.2, 0) is 0 Å². The molecular weight excluding hydrogens is 320 g/mol. The van der Waals surface area contributed by atoms with E-state index >= 15 is 0 Å². The van der Waals surface area contributed by atoms with Crippen LogP contribution in [0.1, 0.15) is 23.3 Å². The van der Waals surface area contributed by atoms with Crippen molar-refractivity contribution in [3.05, 3.63) is 64.5 Å². The molecule has 0 radical (unpaired) electrons. The van der Waals surface area contributed by atoms with Gasteiger partial charge in [-0.05, 0) is 31.0 Å². The van der Waals surface area contributed by atoms with E-state index in [9.17, 15) is 14.9 Å². The third-order valence-corrected chi connectivity index (χ3v) is 4.50. The van der Waals surface area contributed by atoms with Crippen molar-refractivity contribution in [1.82, 2.24) is 9.88 Å². The fourth-order valence-electron chi connectivity index (χ4n) is 3.16. The van der Waals surface area contributed by atoms with Crippen molar-refractivity contribution in [3.8, 4) is 0 Å². The highest BCUT2D eigenvalue weighted by Gasteiger charge is 2.31. The topological polar surface area (TPSA) is 79.6 Å². The molecule has 0 aliphatic carbocycles. The lowest BCUT2D eigenvalue weighted by molar-refractivity contribution is -0.385. The lowest BCUT2D eigenvalue weighted by atomic mass is 10.2. The maximum atomic E-state index is 12.7. The Balaban J connectivity index is 1.70. The number of hydrogen-bond donors (Lipinski definition) is 0.